The Balaban J connectivity index is 2.38. The van der Waals surface area contributed by atoms with Crippen molar-refractivity contribution in [1.82, 2.24) is 0 Å². The number of alkyl halides is 1. The molecule has 1 unspecified atom stereocenters. The van der Waals surface area contributed by atoms with Gasteiger partial charge in [0.2, 0.25) is 0 Å². The molecular formula is C7H15ISi. The van der Waals surface area contributed by atoms with E-state index in [1.807, 2.05) is 0 Å². The molecule has 1 saturated heterocycles. The second kappa shape index (κ2) is 2.90. The predicted octanol–water partition coefficient (Wildman–Crippen LogP) is 3.15. The Kier molecular flexibility index (Phi) is 2.60. The zero-order chi connectivity index (χ0) is 6.91. The molecule has 1 rings (SSSR count). The molecule has 1 aliphatic rings. The molecule has 0 saturated carbocycles. The van der Waals surface area contributed by atoms with E-state index in [0.29, 0.717) is 0 Å². The van der Waals surface area contributed by atoms with Gasteiger partial charge in [0.1, 0.15) is 0 Å². The summed E-state index contributed by atoms with van der Waals surface area (Å²) in [6, 6.07) is 3.18. The lowest BCUT2D eigenvalue weighted by Crippen LogP contribution is -2.19. The van der Waals surface area contributed by atoms with Gasteiger partial charge in [0, 0.05) is 12.5 Å². The maximum Gasteiger partial charge on any atom is 0.0476 e. The SMILES string of the molecule is C[Si]1(C)CCC(CI)C1. The van der Waals surface area contributed by atoms with Crippen LogP contribution in [0, 0.1) is 5.92 Å². The van der Waals surface area contributed by atoms with Crippen LogP contribution in [0.4, 0.5) is 0 Å². The molecule has 0 amide bonds. The number of rotatable bonds is 1. The average molecular weight is 254 g/mol. The third-order valence-electron chi connectivity index (χ3n) is 2.29. The summed E-state index contributed by atoms with van der Waals surface area (Å²) in [6.45, 7) is 5.05. The van der Waals surface area contributed by atoms with E-state index in [2.05, 4.69) is 35.7 Å². The Labute approximate surface area is 72.6 Å². The van der Waals surface area contributed by atoms with E-state index in [1.165, 1.54) is 10.8 Å². The highest BCUT2D eigenvalue weighted by molar-refractivity contribution is 14.1. The Bertz CT molecular complexity index is 101. The van der Waals surface area contributed by atoms with Crippen molar-refractivity contribution in [3.05, 3.63) is 0 Å². The van der Waals surface area contributed by atoms with Gasteiger partial charge in [-0.1, -0.05) is 54.2 Å². The molecule has 0 aliphatic carbocycles. The van der Waals surface area contributed by atoms with Crippen LogP contribution in [-0.2, 0) is 0 Å². The van der Waals surface area contributed by atoms with Crippen LogP contribution < -0.4 is 0 Å². The van der Waals surface area contributed by atoms with Crippen molar-refractivity contribution in [2.75, 3.05) is 4.43 Å². The van der Waals surface area contributed by atoms with Crippen LogP contribution in [0.15, 0.2) is 0 Å². The molecule has 1 heterocycles. The molecule has 0 N–H and O–H groups in total. The van der Waals surface area contributed by atoms with Crippen LogP contribution in [-0.4, -0.2) is 12.5 Å². The minimum Gasteiger partial charge on any atom is -0.0861 e. The second-order valence-corrected chi connectivity index (χ2v) is 10.0. The highest BCUT2D eigenvalue weighted by atomic mass is 127. The summed E-state index contributed by atoms with van der Waals surface area (Å²) in [5.74, 6) is 1.09. The standard InChI is InChI=1S/C7H15ISi/c1-9(2)4-3-7(5-8)6-9/h7H,3-6H2,1-2H3. The van der Waals surface area contributed by atoms with Crippen molar-refractivity contribution in [1.29, 1.82) is 0 Å². The highest BCUT2D eigenvalue weighted by Gasteiger charge is 2.31. The summed E-state index contributed by atoms with van der Waals surface area (Å²) in [4.78, 5) is 0. The second-order valence-electron chi connectivity index (χ2n) is 3.93. The number of hydrogen-bond acceptors (Lipinski definition) is 0. The van der Waals surface area contributed by atoms with E-state index in [1.54, 1.807) is 12.1 Å². The average Bonchev–Trinajstić information content (AvgIpc) is 2.10. The molecule has 0 spiro atoms. The van der Waals surface area contributed by atoms with Crippen LogP contribution in [0.25, 0.3) is 0 Å². The molecule has 0 radical (unpaired) electrons. The number of halogens is 1. The van der Waals surface area contributed by atoms with Gasteiger partial charge < -0.3 is 0 Å². The quantitative estimate of drug-likeness (QED) is 0.383. The van der Waals surface area contributed by atoms with Crippen LogP contribution in [0.5, 0.6) is 0 Å². The summed E-state index contributed by atoms with van der Waals surface area (Å²) in [5.41, 5.74) is 0. The van der Waals surface area contributed by atoms with Gasteiger partial charge in [-0.05, 0) is 5.92 Å². The van der Waals surface area contributed by atoms with Gasteiger partial charge in [-0.25, -0.2) is 0 Å². The van der Waals surface area contributed by atoms with E-state index >= 15 is 0 Å². The molecule has 2 heteroatoms. The van der Waals surface area contributed by atoms with Gasteiger partial charge in [0.25, 0.3) is 0 Å². The Morgan fingerprint density at radius 1 is 1.56 bits per heavy atom. The number of hydrogen-bond donors (Lipinski definition) is 0. The lowest BCUT2D eigenvalue weighted by molar-refractivity contribution is 0.679. The van der Waals surface area contributed by atoms with Crippen LogP contribution >= 0.6 is 22.6 Å². The van der Waals surface area contributed by atoms with Gasteiger partial charge in [-0.3, -0.25) is 0 Å². The van der Waals surface area contributed by atoms with E-state index < -0.39 is 8.07 Å². The van der Waals surface area contributed by atoms with Crippen molar-refractivity contribution in [3.63, 3.8) is 0 Å². The van der Waals surface area contributed by atoms with E-state index in [9.17, 15) is 0 Å². The van der Waals surface area contributed by atoms with Gasteiger partial charge >= 0.3 is 0 Å². The summed E-state index contributed by atoms with van der Waals surface area (Å²) in [6.07, 6.45) is 1.53. The van der Waals surface area contributed by atoms with E-state index in [0.717, 1.165) is 5.92 Å². The summed E-state index contributed by atoms with van der Waals surface area (Å²) >= 11 is 2.53. The van der Waals surface area contributed by atoms with Crippen LogP contribution in [0.3, 0.4) is 0 Å². The first-order chi connectivity index (χ1) is 4.14. The first-order valence-electron chi connectivity index (χ1n) is 3.70. The lowest BCUT2D eigenvalue weighted by Gasteiger charge is -2.12. The van der Waals surface area contributed by atoms with Crippen molar-refractivity contribution in [3.8, 4) is 0 Å². The maximum atomic E-state index is 2.53. The summed E-state index contributed by atoms with van der Waals surface area (Å²) in [5, 5.41) is 0. The Hall–Kier alpha value is 0.947. The van der Waals surface area contributed by atoms with Gasteiger partial charge in [0.15, 0.2) is 0 Å². The molecule has 1 fully saturated rings. The molecule has 1 aliphatic heterocycles. The molecule has 1 atom stereocenters. The topological polar surface area (TPSA) is 0 Å². The summed E-state index contributed by atoms with van der Waals surface area (Å²) < 4.78 is 1.40. The smallest absolute Gasteiger partial charge is 0.0476 e. The molecular weight excluding hydrogens is 239 g/mol. The zero-order valence-electron chi connectivity index (χ0n) is 6.28. The normalized spacial score (nSPS) is 33.0. The Morgan fingerprint density at radius 2 is 2.22 bits per heavy atom. The van der Waals surface area contributed by atoms with Gasteiger partial charge in [-0.2, -0.15) is 0 Å². The monoisotopic (exact) mass is 254 g/mol. The molecule has 0 nitrogen and oxygen atoms in total. The van der Waals surface area contributed by atoms with Gasteiger partial charge in [-0.15, -0.1) is 0 Å². The first kappa shape index (κ1) is 8.05. The third-order valence-corrected chi connectivity index (χ3v) is 6.86. The fraction of sp³-hybridized carbons (Fsp3) is 1.00. The fourth-order valence-corrected chi connectivity index (χ4v) is 6.36. The van der Waals surface area contributed by atoms with Crippen LogP contribution in [0.2, 0.25) is 25.2 Å². The fourth-order valence-electron chi connectivity index (χ4n) is 1.71. The zero-order valence-corrected chi connectivity index (χ0v) is 9.44. The predicted molar refractivity (Wildman–Crippen MR) is 54.1 cm³/mol. The molecule has 0 bridgehead atoms. The first-order valence-corrected chi connectivity index (χ1v) is 8.64. The Morgan fingerprint density at radius 3 is 2.44 bits per heavy atom. The van der Waals surface area contributed by atoms with Crippen LogP contribution in [0.1, 0.15) is 6.42 Å². The van der Waals surface area contributed by atoms with Crippen molar-refractivity contribution < 1.29 is 0 Å². The molecule has 9 heavy (non-hydrogen) atoms. The third kappa shape index (κ3) is 2.22. The lowest BCUT2D eigenvalue weighted by atomic mass is 10.2. The maximum absolute atomic E-state index is 2.53. The highest BCUT2D eigenvalue weighted by Crippen LogP contribution is 2.35. The van der Waals surface area contributed by atoms with E-state index in [4.69, 9.17) is 0 Å². The van der Waals surface area contributed by atoms with Gasteiger partial charge in [0.05, 0.1) is 0 Å². The minimum atomic E-state index is -0.629. The van der Waals surface area contributed by atoms with Crippen molar-refractivity contribution in [2.45, 2.75) is 31.6 Å². The molecule has 0 aromatic carbocycles. The van der Waals surface area contributed by atoms with Crippen molar-refractivity contribution >= 4 is 30.7 Å². The van der Waals surface area contributed by atoms with E-state index in [-0.39, 0.29) is 0 Å². The molecule has 0 aromatic rings. The molecule has 54 valence electrons. The largest absolute Gasteiger partial charge is 0.0861 e. The minimum absolute atomic E-state index is 0.629. The van der Waals surface area contributed by atoms with Crippen molar-refractivity contribution in [2.24, 2.45) is 5.92 Å². The summed E-state index contributed by atoms with van der Waals surface area (Å²) in [7, 11) is -0.629. The molecule has 0 aromatic heterocycles.